The summed E-state index contributed by atoms with van der Waals surface area (Å²) < 4.78 is 10.7. The fourth-order valence-electron chi connectivity index (χ4n) is 2.51. The van der Waals surface area contributed by atoms with Gasteiger partial charge in [-0.1, -0.05) is 18.2 Å². The number of nitrogens with zero attached hydrogens (tertiary/aromatic N) is 1. The van der Waals surface area contributed by atoms with E-state index in [2.05, 4.69) is 10.2 Å². The van der Waals surface area contributed by atoms with Crippen LogP contribution in [0.3, 0.4) is 0 Å². The van der Waals surface area contributed by atoms with Crippen LogP contribution in [0.25, 0.3) is 10.8 Å². The molecule has 0 saturated carbocycles. The van der Waals surface area contributed by atoms with Gasteiger partial charge in [0.1, 0.15) is 11.5 Å². The largest absolute Gasteiger partial charge is 0.497 e. The lowest BCUT2D eigenvalue weighted by molar-refractivity contribution is 0.399. The number of H-pyrrole nitrogens is 1. The average molecular weight is 296 g/mol. The lowest BCUT2D eigenvalue weighted by Crippen LogP contribution is -2.11. The fourth-order valence-corrected chi connectivity index (χ4v) is 2.51. The monoisotopic (exact) mass is 296 g/mol. The fraction of sp³-hybridized carbons (Fsp3) is 0.176. The molecular weight excluding hydrogens is 280 g/mol. The van der Waals surface area contributed by atoms with E-state index in [9.17, 15) is 4.79 Å². The van der Waals surface area contributed by atoms with Crippen LogP contribution >= 0.6 is 0 Å². The first-order valence-corrected chi connectivity index (χ1v) is 6.90. The molecule has 2 aromatic carbocycles. The molecule has 0 amide bonds. The molecule has 1 aromatic heterocycles. The second-order valence-electron chi connectivity index (χ2n) is 4.90. The SMILES string of the molecule is COc1ccc(OC)c(Cc2n[nH]c(=O)c3ccccc23)c1. The van der Waals surface area contributed by atoms with Crippen molar-refractivity contribution in [2.45, 2.75) is 6.42 Å². The molecule has 3 aromatic rings. The van der Waals surface area contributed by atoms with Crippen molar-refractivity contribution < 1.29 is 9.47 Å². The van der Waals surface area contributed by atoms with Gasteiger partial charge in [0.05, 0.1) is 25.3 Å². The van der Waals surface area contributed by atoms with E-state index in [1.165, 1.54) is 0 Å². The zero-order valence-electron chi connectivity index (χ0n) is 12.4. The Balaban J connectivity index is 2.11. The molecule has 0 aliphatic rings. The van der Waals surface area contributed by atoms with Crippen molar-refractivity contribution in [2.75, 3.05) is 14.2 Å². The number of hydrogen-bond acceptors (Lipinski definition) is 4. The predicted octanol–water partition coefficient (Wildman–Crippen LogP) is 2.53. The lowest BCUT2D eigenvalue weighted by atomic mass is 10.0. The molecule has 0 radical (unpaired) electrons. The quantitative estimate of drug-likeness (QED) is 0.803. The van der Waals surface area contributed by atoms with Gasteiger partial charge in [-0.2, -0.15) is 5.10 Å². The van der Waals surface area contributed by atoms with Crippen LogP contribution in [-0.2, 0) is 6.42 Å². The Morgan fingerprint density at radius 2 is 1.82 bits per heavy atom. The Hall–Kier alpha value is -2.82. The van der Waals surface area contributed by atoms with Crippen molar-refractivity contribution in [3.8, 4) is 11.5 Å². The van der Waals surface area contributed by atoms with Crippen LogP contribution in [0.1, 0.15) is 11.3 Å². The summed E-state index contributed by atoms with van der Waals surface area (Å²) >= 11 is 0. The second kappa shape index (κ2) is 5.89. The number of aromatic amines is 1. The first-order valence-electron chi connectivity index (χ1n) is 6.90. The van der Waals surface area contributed by atoms with Crippen molar-refractivity contribution in [3.63, 3.8) is 0 Å². The van der Waals surface area contributed by atoms with E-state index < -0.39 is 0 Å². The zero-order valence-corrected chi connectivity index (χ0v) is 12.4. The molecule has 0 fully saturated rings. The number of methoxy groups -OCH3 is 2. The molecule has 5 heteroatoms. The topological polar surface area (TPSA) is 64.2 Å². The maximum absolute atomic E-state index is 11.8. The smallest absolute Gasteiger partial charge is 0.272 e. The number of nitrogens with one attached hydrogen (secondary N) is 1. The number of aromatic nitrogens is 2. The number of benzene rings is 2. The summed E-state index contributed by atoms with van der Waals surface area (Å²) in [4.78, 5) is 11.8. The molecule has 1 heterocycles. The third-order valence-electron chi connectivity index (χ3n) is 3.62. The van der Waals surface area contributed by atoms with Gasteiger partial charge in [0.2, 0.25) is 0 Å². The van der Waals surface area contributed by atoms with Crippen molar-refractivity contribution >= 4 is 10.8 Å². The molecule has 0 unspecified atom stereocenters. The summed E-state index contributed by atoms with van der Waals surface area (Å²) in [6, 6.07) is 13.1. The maximum atomic E-state index is 11.8. The standard InChI is InChI=1S/C17H16N2O3/c1-21-12-7-8-16(22-2)11(9-12)10-15-13-5-3-4-6-14(13)17(20)19-18-15/h3-9H,10H2,1-2H3,(H,19,20). The maximum Gasteiger partial charge on any atom is 0.272 e. The van der Waals surface area contributed by atoms with Crippen LogP contribution in [0.15, 0.2) is 47.3 Å². The number of ether oxygens (including phenoxy) is 2. The van der Waals surface area contributed by atoms with E-state index in [0.717, 1.165) is 28.1 Å². The molecule has 0 saturated heterocycles. The molecule has 0 bridgehead atoms. The Morgan fingerprint density at radius 3 is 2.55 bits per heavy atom. The van der Waals surface area contributed by atoms with E-state index in [-0.39, 0.29) is 5.56 Å². The Labute approximate surface area is 127 Å². The number of hydrogen-bond donors (Lipinski definition) is 1. The van der Waals surface area contributed by atoms with E-state index in [1.807, 2.05) is 36.4 Å². The third-order valence-corrected chi connectivity index (χ3v) is 3.62. The summed E-state index contributed by atoms with van der Waals surface area (Å²) in [5.74, 6) is 1.52. The van der Waals surface area contributed by atoms with Gasteiger partial charge in [0.25, 0.3) is 5.56 Å². The molecule has 22 heavy (non-hydrogen) atoms. The summed E-state index contributed by atoms with van der Waals surface area (Å²) in [5.41, 5.74) is 1.56. The minimum absolute atomic E-state index is 0.183. The van der Waals surface area contributed by atoms with Gasteiger partial charge in [-0.3, -0.25) is 4.79 Å². The van der Waals surface area contributed by atoms with Crippen LogP contribution < -0.4 is 15.0 Å². The zero-order chi connectivity index (χ0) is 15.5. The van der Waals surface area contributed by atoms with Crippen LogP contribution in [0, 0.1) is 0 Å². The van der Waals surface area contributed by atoms with Gasteiger partial charge in [-0.15, -0.1) is 0 Å². The van der Waals surface area contributed by atoms with Gasteiger partial charge >= 0.3 is 0 Å². The van der Waals surface area contributed by atoms with E-state index >= 15 is 0 Å². The summed E-state index contributed by atoms with van der Waals surface area (Å²) in [6.07, 6.45) is 0.539. The highest BCUT2D eigenvalue weighted by Crippen LogP contribution is 2.27. The summed E-state index contributed by atoms with van der Waals surface area (Å²) in [7, 11) is 3.25. The molecule has 0 atom stereocenters. The average Bonchev–Trinajstić information content (AvgIpc) is 2.57. The van der Waals surface area contributed by atoms with Crippen molar-refractivity contribution in [1.82, 2.24) is 10.2 Å². The molecule has 0 aliphatic carbocycles. The highest BCUT2D eigenvalue weighted by Gasteiger charge is 2.11. The predicted molar refractivity (Wildman–Crippen MR) is 84.7 cm³/mol. The summed E-state index contributed by atoms with van der Waals surface area (Å²) in [5, 5.41) is 8.23. The highest BCUT2D eigenvalue weighted by atomic mass is 16.5. The van der Waals surface area contributed by atoms with Crippen LogP contribution in [-0.4, -0.2) is 24.4 Å². The Kier molecular flexibility index (Phi) is 3.78. The van der Waals surface area contributed by atoms with Crippen LogP contribution in [0.2, 0.25) is 0 Å². The molecular formula is C17H16N2O3. The van der Waals surface area contributed by atoms with E-state index in [4.69, 9.17) is 9.47 Å². The minimum Gasteiger partial charge on any atom is -0.497 e. The van der Waals surface area contributed by atoms with E-state index in [0.29, 0.717) is 11.8 Å². The van der Waals surface area contributed by atoms with Gasteiger partial charge in [-0.25, -0.2) is 5.10 Å². The third kappa shape index (κ3) is 2.53. The Morgan fingerprint density at radius 1 is 1.05 bits per heavy atom. The Bertz CT molecular complexity index is 871. The molecule has 0 aliphatic heterocycles. The molecule has 5 nitrogen and oxygen atoms in total. The van der Waals surface area contributed by atoms with Gasteiger partial charge in [0, 0.05) is 17.4 Å². The van der Waals surface area contributed by atoms with E-state index in [1.54, 1.807) is 20.3 Å². The van der Waals surface area contributed by atoms with Gasteiger partial charge in [-0.05, 0) is 24.3 Å². The van der Waals surface area contributed by atoms with Gasteiger partial charge in [0.15, 0.2) is 0 Å². The number of rotatable bonds is 4. The molecule has 3 rings (SSSR count). The van der Waals surface area contributed by atoms with Crippen molar-refractivity contribution in [2.24, 2.45) is 0 Å². The van der Waals surface area contributed by atoms with Crippen molar-refractivity contribution in [3.05, 3.63) is 64.1 Å². The normalized spacial score (nSPS) is 10.6. The minimum atomic E-state index is -0.183. The molecule has 1 N–H and O–H groups in total. The highest BCUT2D eigenvalue weighted by molar-refractivity contribution is 5.83. The van der Waals surface area contributed by atoms with Crippen LogP contribution in [0.5, 0.6) is 11.5 Å². The second-order valence-corrected chi connectivity index (χ2v) is 4.90. The van der Waals surface area contributed by atoms with Gasteiger partial charge < -0.3 is 9.47 Å². The van der Waals surface area contributed by atoms with Crippen LogP contribution in [0.4, 0.5) is 0 Å². The molecule has 112 valence electrons. The molecule has 0 spiro atoms. The number of fused-ring (bicyclic) bond motifs is 1. The van der Waals surface area contributed by atoms with Crippen molar-refractivity contribution in [1.29, 1.82) is 0 Å². The first kappa shape index (κ1) is 14.1. The lowest BCUT2D eigenvalue weighted by Gasteiger charge is -2.11. The summed E-state index contributed by atoms with van der Waals surface area (Å²) in [6.45, 7) is 0. The first-order chi connectivity index (χ1) is 10.7.